The lowest BCUT2D eigenvalue weighted by molar-refractivity contribution is -0.145. The number of esters is 1. The number of para-hydroxylation sites is 1. The second-order valence-electron chi connectivity index (χ2n) is 6.14. The summed E-state index contributed by atoms with van der Waals surface area (Å²) < 4.78 is 18.5. The molecule has 1 unspecified atom stereocenters. The molecule has 0 bridgehead atoms. The maximum atomic E-state index is 13.6. The van der Waals surface area contributed by atoms with Crippen molar-refractivity contribution in [2.45, 2.75) is 19.4 Å². The van der Waals surface area contributed by atoms with Gasteiger partial charge in [-0.15, -0.1) is 0 Å². The van der Waals surface area contributed by atoms with Crippen molar-refractivity contribution < 1.29 is 23.5 Å². The van der Waals surface area contributed by atoms with Crippen LogP contribution < -0.4 is 16.4 Å². The number of anilines is 1. The third-order valence-corrected chi connectivity index (χ3v) is 4.12. The molecule has 7 nitrogen and oxygen atoms in total. The number of nitrogens with one attached hydrogen (secondary N) is 2. The highest BCUT2D eigenvalue weighted by Crippen LogP contribution is 2.14. The Morgan fingerprint density at radius 3 is 2.47 bits per heavy atom. The summed E-state index contributed by atoms with van der Waals surface area (Å²) in [6, 6.07) is 10.3. The average molecular weight is 434 g/mol. The van der Waals surface area contributed by atoms with E-state index >= 15 is 0 Å². The summed E-state index contributed by atoms with van der Waals surface area (Å²) in [6.07, 6.45) is 0.934. The molecule has 1 atom stereocenters. The van der Waals surface area contributed by atoms with Gasteiger partial charge in [-0.1, -0.05) is 23.7 Å². The Morgan fingerprint density at radius 2 is 1.83 bits per heavy atom. The van der Waals surface area contributed by atoms with Gasteiger partial charge in [0.2, 0.25) is 5.91 Å². The quantitative estimate of drug-likeness (QED) is 0.318. The van der Waals surface area contributed by atoms with Crippen LogP contribution in [0.1, 0.15) is 23.7 Å². The van der Waals surface area contributed by atoms with E-state index in [0.29, 0.717) is 5.02 Å². The topological polar surface area (TPSA) is 111 Å². The van der Waals surface area contributed by atoms with E-state index in [1.807, 2.05) is 0 Å². The van der Waals surface area contributed by atoms with Crippen molar-refractivity contribution in [1.82, 2.24) is 5.32 Å². The molecular formula is C21H21ClFN3O4. The number of nitrogens with two attached hydrogens (primary N) is 1. The van der Waals surface area contributed by atoms with Gasteiger partial charge >= 0.3 is 5.97 Å². The first kappa shape index (κ1) is 22.9. The van der Waals surface area contributed by atoms with Crippen molar-refractivity contribution in [3.63, 3.8) is 0 Å². The summed E-state index contributed by atoms with van der Waals surface area (Å²) in [7, 11) is 0. The molecule has 0 aliphatic heterocycles. The van der Waals surface area contributed by atoms with Crippen LogP contribution in [0.3, 0.4) is 0 Å². The van der Waals surface area contributed by atoms with Gasteiger partial charge in [0.15, 0.2) is 11.8 Å². The number of hydrogen-bond acceptors (Lipinski definition) is 6. The molecule has 0 saturated heterocycles. The van der Waals surface area contributed by atoms with Gasteiger partial charge in [-0.2, -0.15) is 0 Å². The predicted octanol–water partition coefficient (Wildman–Crippen LogP) is 3.01. The standard InChI is InChI=1S/C21H21ClFN3O4/c1-2-30-21(29)19(20(28)13-7-9-14(22)10-8-13)26-18(27)11-15(24)12-25-17-6-4-3-5-16(17)23/h3-10,12,19,25H,2,11,24H2,1H3,(H,26,27)/b15-12-. The Labute approximate surface area is 178 Å². The smallest absolute Gasteiger partial charge is 0.336 e. The van der Waals surface area contributed by atoms with Gasteiger partial charge in [-0.3, -0.25) is 9.59 Å². The van der Waals surface area contributed by atoms with Gasteiger partial charge in [0.05, 0.1) is 18.7 Å². The van der Waals surface area contributed by atoms with Crippen LogP contribution in [0, 0.1) is 5.82 Å². The maximum absolute atomic E-state index is 13.6. The fraction of sp³-hybridized carbons (Fsp3) is 0.190. The first-order chi connectivity index (χ1) is 14.3. The van der Waals surface area contributed by atoms with E-state index in [9.17, 15) is 18.8 Å². The van der Waals surface area contributed by atoms with Crippen LogP contribution in [-0.2, 0) is 14.3 Å². The van der Waals surface area contributed by atoms with Crippen molar-refractivity contribution >= 4 is 34.9 Å². The number of amides is 1. The van der Waals surface area contributed by atoms with Crippen LogP contribution in [0.25, 0.3) is 0 Å². The van der Waals surface area contributed by atoms with Crippen LogP contribution in [0.5, 0.6) is 0 Å². The Hall–Kier alpha value is -3.39. The highest BCUT2D eigenvalue weighted by atomic mass is 35.5. The molecule has 0 heterocycles. The summed E-state index contributed by atoms with van der Waals surface area (Å²) >= 11 is 5.81. The van der Waals surface area contributed by atoms with E-state index < -0.39 is 29.5 Å². The number of ether oxygens (including phenoxy) is 1. The number of ketones is 1. The maximum Gasteiger partial charge on any atom is 0.336 e. The fourth-order valence-electron chi connectivity index (χ4n) is 2.44. The zero-order valence-corrected chi connectivity index (χ0v) is 16.9. The van der Waals surface area contributed by atoms with Crippen LogP contribution in [-0.4, -0.2) is 30.3 Å². The van der Waals surface area contributed by atoms with E-state index in [-0.39, 0.29) is 30.0 Å². The molecule has 0 aliphatic rings. The molecule has 9 heteroatoms. The molecule has 0 fully saturated rings. The molecule has 0 saturated carbocycles. The van der Waals surface area contributed by atoms with Crippen LogP contribution in [0.2, 0.25) is 5.02 Å². The molecule has 2 aromatic rings. The van der Waals surface area contributed by atoms with Crippen molar-refractivity contribution in [3.8, 4) is 0 Å². The molecule has 2 aromatic carbocycles. The van der Waals surface area contributed by atoms with Crippen LogP contribution in [0.15, 0.2) is 60.4 Å². The van der Waals surface area contributed by atoms with E-state index in [1.54, 1.807) is 13.0 Å². The summed E-state index contributed by atoms with van der Waals surface area (Å²) in [5, 5.41) is 5.41. The summed E-state index contributed by atoms with van der Waals surface area (Å²) in [5.74, 6) is -2.70. The molecule has 30 heavy (non-hydrogen) atoms. The van der Waals surface area contributed by atoms with Gasteiger partial charge in [0, 0.05) is 22.5 Å². The molecule has 0 aromatic heterocycles. The van der Waals surface area contributed by atoms with Crippen LogP contribution in [0.4, 0.5) is 10.1 Å². The summed E-state index contributed by atoms with van der Waals surface area (Å²) in [5.41, 5.74) is 6.22. The zero-order chi connectivity index (χ0) is 22.1. The predicted molar refractivity (Wildman–Crippen MR) is 111 cm³/mol. The minimum Gasteiger partial charge on any atom is -0.464 e. The first-order valence-electron chi connectivity index (χ1n) is 9.03. The lowest BCUT2D eigenvalue weighted by Gasteiger charge is -2.16. The van der Waals surface area contributed by atoms with E-state index in [0.717, 1.165) is 0 Å². The van der Waals surface area contributed by atoms with Gasteiger partial charge in [0.1, 0.15) is 5.82 Å². The van der Waals surface area contributed by atoms with Crippen molar-refractivity contribution in [2.24, 2.45) is 5.73 Å². The average Bonchev–Trinajstić information content (AvgIpc) is 2.71. The normalized spacial score (nSPS) is 12.0. The number of halogens is 2. The lowest BCUT2D eigenvalue weighted by atomic mass is 10.0. The Morgan fingerprint density at radius 1 is 1.17 bits per heavy atom. The third kappa shape index (κ3) is 6.59. The Balaban J connectivity index is 2.07. The molecule has 0 aliphatic carbocycles. The molecule has 158 valence electrons. The molecule has 0 radical (unpaired) electrons. The molecule has 1 amide bonds. The zero-order valence-electron chi connectivity index (χ0n) is 16.2. The minimum absolute atomic E-state index is 0.0354. The van der Waals surface area contributed by atoms with E-state index in [2.05, 4.69) is 10.6 Å². The molecular weight excluding hydrogens is 413 g/mol. The lowest BCUT2D eigenvalue weighted by Crippen LogP contribution is -2.47. The minimum atomic E-state index is -1.54. The molecule has 4 N–H and O–H groups in total. The fourth-order valence-corrected chi connectivity index (χ4v) is 2.56. The van der Waals surface area contributed by atoms with Crippen molar-refractivity contribution in [1.29, 1.82) is 0 Å². The van der Waals surface area contributed by atoms with Gasteiger partial charge in [-0.25, -0.2) is 9.18 Å². The monoisotopic (exact) mass is 433 g/mol. The largest absolute Gasteiger partial charge is 0.464 e. The van der Waals surface area contributed by atoms with Gasteiger partial charge in [0.25, 0.3) is 0 Å². The number of carbonyl (C=O) groups excluding carboxylic acids is 3. The Bertz CT molecular complexity index is 948. The second kappa shape index (κ2) is 11.0. The van der Waals surface area contributed by atoms with Crippen LogP contribution >= 0.6 is 11.6 Å². The highest BCUT2D eigenvalue weighted by molar-refractivity contribution is 6.30. The van der Waals surface area contributed by atoms with Crippen molar-refractivity contribution in [2.75, 3.05) is 11.9 Å². The Kier molecular flexibility index (Phi) is 8.37. The van der Waals surface area contributed by atoms with E-state index in [1.165, 1.54) is 48.7 Å². The highest BCUT2D eigenvalue weighted by Gasteiger charge is 2.30. The van der Waals surface area contributed by atoms with Gasteiger partial charge < -0.3 is 21.1 Å². The number of hydrogen-bond donors (Lipinski definition) is 3. The third-order valence-electron chi connectivity index (χ3n) is 3.87. The van der Waals surface area contributed by atoms with Crippen molar-refractivity contribution in [3.05, 3.63) is 76.8 Å². The number of rotatable bonds is 9. The number of carbonyl (C=O) groups is 3. The molecule has 0 spiro atoms. The summed E-state index contributed by atoms with van der Waals surface area (Å²) in [6.45, 7) is 1.62. The first-order valence-corrected chi connectivity index (χ1v) is 9.41. The summed E-state index contributed by atoms with van der Waals surface area (Å²) in [4.78, 5) is 37.2. The van der Waals surface area contributed by atoms with Gasteiger partial charge in [-0.05, 0) is 43.3 Å². The molecule has 2 rings (SSSR count). The SMILES string of the molecule is CCOC(=O)C(NC(=O)C/C(N)=C/Nc1ccccc1F)C(=O)c1ccc(Cl)cc1. The number of Topliss-reactive ketones (excluding diaryl/α,β-unsaturated/α-hetero) is 1. The second-order valence-corrected chi connectivity index (χ2v) is 6.58. The number of benzene rings is 2. The van der Waals surface area contributed by atoms with E-state index in [4.69, 9.17) is 22.1 Å².